The van der Waals surface area contributed by atoms with Gasteiger partial charge in [-0.1, -0.05) is 29.3 Å². The Hall–Kier alpha value is -2.63. The molecule has 1 aromatic carbocycles. The van der Waals surface area contributed by atoms with Gasteiger partial charge in [0.1, 0.15) is 5.82 Å². The fraction of sp³-hybridized carbons (Fsp3) is 0.0556. The van der Waals surface area contributed by atoms with E-state index in [4.69, 9.17) is 23.2 Å². The normalized spacial score (nSPS) is 10.3. The Bertz CT molecular complexity index is 850. The Morgan fingerprint density at radius 1 is 1.00 bits per heavy atom. The summed E-state index contributed by atoms with van der Waals surface area (Å²) in [6, 6.07) is 14.1. The van der Waals surface area contributed by atoms with Crippen LogP contribution in [0.3, 0.4) is 0 Å². The van der Waals surface area contributed by atoms with Gasteiger partial charge >= 0.3 is 0 Å². The summed E-state index contributed by atoms with van der Waals surface area (Å²) in [5.41, 5.74) is 1.97. The van der Waals surface area contributed by atoms with E-state index in [9.17, 15) is 4.79 Å². The molecule has 0 aliphatic rings. The van der Waals surface area contributed by atoms with Gasteiger partial charge in [0.15, 0.2) is 0 Å². The molecule has 0 unspecified atom stereocenters. The van der Waals surface area contributed by atoms with E-state index in [0.29, 0.717) is 28.0 Å². The summed E-state index contributed by atoms with van der Waals surface area (Å²) >= 11 is 11.9. The van der Waals surface area contributed by atoms with Crippen LogP contribution in [0, 0.1) is 0 Å². The number of halogens is 2. The van der Waals surface area contributed by atoms with Crippen LogP contribution in [-0.2, 0) is 6.54 Å². The first kappa shape index (κ1) is 17.2. The van der Waals surface area contributed by atoms with Gasteiger partial charge < -0.3 is 10.6 Å². The summed E-state index contributed by atoms with van der Waals surface area (Å²) in [6.45, 7) is 0.362. The van der Waals surface area contributed by atoms with E-state index in [1.54, 1.807) is 36.5 Å². The highest BCUT2D eigenvalue weighted by atomic mass is 35.5. The number of nitrogens with one attached hydrogen (secondary N) is 2. The van der Waals surface area contributed by atoms with Crippen molar-refractivity contribution in [2.45, 2.75) is 6.54 Å². The maximum Gasteiger partial charge on any atom is 0.253 e. The predicted octanol–water partition coefficient (Wildman–Crippen LogP) is 4.46. The Labute approximate surface area is 155 Å². The number of carbonyl (C=O) groups excluding carboxylic acids is 1. The molecule has 0 saturated carbocycles. The molecular weight excluding hydrogens is 359 g/mol. The van der Waals surface area contributed by atoms with Gasteiger partial charge in [-0.15, -0.1) is 0 Å². The first-order valence-corrected chi connectivity index (χ1v) is 8.23. The van der Waals surface area contributed by atoms with Crippen LogP contribution < -0.4 is 10.6 Å². The lowest BCUT2D eigenvalue weighted by molar-refractivity contribution is 0.0950. The molecule has 0 saturated heterocycles. The number of pyridine rings is 2. The van der Waals surface area contributed by atoms with Gasteiger partial charge in [-0.2, -0.15) is 0 Å². The number of nitrogens with zero attached hydrogens (tertiary/aromatic N) is 2. The van der Waals surface area contributed by atoms with E-state index in [2.05, 4.69) is 20.6 Å². The minimum atomic E-state index is -0.212. The Kier molecular flexibility index (Phi) is 5.48. The molecule has 2 aromatic heterocycles. The van der Waals surface area contributed by atoms with Crippen molar-refractivity contribution in [2.75, 3.05) is 5.32 Å². The number of rotatable bonds is 5. The van der Waals surface area contributed by atoms with Gasteiger partial charge in [0.05, 0.1) is 17.8 Å². The van der Waals surface area contributed by atoms with E-state index in [1.807, 2.05) is 18.2 Å². The lowest BCUT2D eigenvalue weighted by Crippen LogP contribution is -2.23. The van der Waals surface area contributed by atoms with E-state index in [1.165, 1.54) is 6.20 Å². The molecule has 5 nitrogen and oxygen atoms in total. The quantitative estimate of drug-likeness (QED) is 0.693. The van der Waals surface area contributed by atoms with Gasteiger partial charge in [0.25, 0.3) is 5.91 Å². The highest BCUT2D eigenvalue weighted by Gasteiger charge is 2.07. The SMILES string of the molecule is O=C(NCc1ccccn1)c1ccc(Nc2cc(Cl)cc(Cl)c2)nc1. The molecule has 0 atom stereocenters. The largest absolute Gasteiger partial charge is 0.346 e. The minimum absolute atomic E-state index is 0.212. The van der Waals surface area contributed by atoms with Crippen molar-refractivity contribution in [1.82, 2.24) is 15.3 Å². The number of anilines is 2. The van der Waals surface area contributed by atoms with Gasteiger partial charge in [-0.25, -0.2) is 4.98 Å². The van der Waals surface area contributed by atoms with Gasteiger partial charge in [0.2, 0.25) is 0 Å². The Balaban J connectivity index is 1.62. The third kappa shape index (κ3) is 4.92. The average molecular weight is 373 g/mol. The Morgan fingerprint density at radius 3 is 2.44 bits per heavy atom. The zero-order valence-electron chi connectivity index (χ0n) is 13.0. The number of benzene rings is 1. The molecule has 1 amide bonds. The monoisotopic (exact) mass is 372 g/mol. The van der Waals surface area contributed by atoms with Crippen LogP contribution in [0.4, 0.5) is 11.5 Å². The molecule has 0 bridgehead atoms. The molecule has 25 heavy (non-hydrogen) atoms. The minimum Gasteiger partial charge on any atom is -0.346 e. The second-order valence-corrected chi connectivity index (χ2v) is 6.09. The summed E-state index contributed by atoms with van der Waals surface area (Å²) in [5.74, 6) is 0.370. The smallest absolute Gasteiger partial charge is 0.253 e. The van der Waals surface area contributed by atoms with Crippen molar-refractivity contribution in [2.24, 2.45) is 0 Å². The van der Waals surface area contributed by atoms with Crippen LogP contribution in [0.1, 0.15) is 16.1 Å². The third-order valence-electron chi connectivity index (χ3n) is 3.32. The molecular formula is C18H14Cl2N4O. The molecule has 0 aliphatic heterocycles. The van der Waals surface area contributed by atoms with Crippen LogP contribution in [0.25, 0.3) is 0 Å². The predicted molar refractivity (Wildman–Crippen MR) is 99.4 cm³/mol. The fourth-order valence-corrected chi connectivity index (χ4v) is 2.68. The molecule has 7 heteroatoms. The van der Waals surface area contributed by atoms with Crippen LogP contribution in [0.5, 0.6) is 0 Å². The van der Waals surface area contributed by atoms with Crippen molar-refractivity contribution in [3.8, 4) is 0 Å². The third-order valence-corrected chi connectivity index (χ3v) is 3.75. The lowest BCUT2D eigenvalue weighted by Gasteiger charge is -2.08. The van der Waals surface area contributed by atoms with E-state index in [0.717, 1.165) is 11.4 Å². The molecule has 2 N–H and O–H groups in total. The second kappa shape index (κ2) is 7.96. The molecule has 2 heterocycles. The number of hydrogen-bond acceptors (Lipinski definition) is 4. The molecule has 3 rings (SSSR count). The zero-order valence-corrected chi connectivity index (χ0v) is 14.6. The molecule has 0 aliphatic carbocycles. The highest BCUT2D eigenvalue weighted by Crippen LogP contribution is 2.24. The standard InChI is InChI=1S/C18H14Cl2N4O/c19-13-7-14(20)9-16(8-13)24-17-5-4-12(10-22-17)18(25)23-11-15-3-1-2-6-21-15/h1-10H,11H2,(H,22,24)(H,23,25). The highest BCUT2D eigenvalue weighted by molar-refractivity contribution is 6.35. The topological polar surface area (TPSA) is 66.9 Å². The lowest BCUT2D eigenvalue weighted by atomic mass is 10.2. The molecule has 0 spiro atoms. The molecule has 126 valence electrons. The molecule has 0 radical (unpaired) electrons. The first-order chi connectivity index (χ1) is 12.1. The van der Waals surface area contributed by atoms with Crippen LogP contribution in [0.2, 0.25) is 10.0 Å². The summed E-state index contributed by atoms with van der Waals surface area (Å²) < 4.78 is 0. The van der Waals surface area contributed by atoms with E-state index >= 15 is 0 Å². The van der Waals surface area contributed by atoms with Crippen LogP contribution in [-0.4, -0.2) is 15.9 Å². The number of aromatic nitrogens is 2. The van der Waals surface area contributed by atoms with E-state index in [-0.39, 0.29) is 5.91 Å². The summed E-state index contributed by atoms with van der Waals surface area (Å²) in [5, 5.41) is 6.95. The number of carbonyl (C=O) groups is 1. The van der Waals surface area contributed by atoms with Gasteiger partial charge in [-0.3, -0.25) is 9.78 Å². The number of amides is 1. The van der Waals surface area contributed by atoms with Crippen molar-refractivity contribution in [1.29, 1.82) is 0 Å². The summed E-state index contributed by atoms with van der Waals surface area (Å²) in [6.07, 6.45) is 3.19. The van der Waals surface area contributed by atoms with Gasteiger partial charge in [0, 0.05) is 28.1 Å². The van der Waals surface area contributed by atoms with Crippen molar-refractivity contribution in [3.05, 3.63) is 82.2 Å². The molecule has 0 fully saturated rings. The Morgan fingerprint density at radius 2 is 1.80 bits per heavy atom. The average Bonchev–Trinajstić information content (AvgIpc) is 2.60. The summed E-state index contributed by atoms with van der Waals surface area (Å²) in [7, 11) is 0. The zero-order chi connectivity index (χ0) is 17.6. The molecule has 3 aromatic rings. The van der Waals surface area contributed by atoms with Crippen LogP contribution in [0.15, 0.2) is 60.9 Å². The fourth-order valence-electron chi connectivity index (χ4n) is 2.15. The van der Waals surface area contributed by atoms with Gasteiger partial charge in [-0.05, 0) is 42.5 Å². The first-order valence-electron chi connectivity index (χ1n) is 7.47. The van der Waals surface area contributed by atoms with Crippen molar-refractivity contribution in [3.63, 3.8) is 0 Å². The second-order valence-electron chi connectivity index (χ2n) is 5.22. The summed E-state index contributed by atoms with van der Waals surface area (Å²) in [4.78, 5) is 20.5. The maximum atomic E-state index is 12.1. The van der Waals surface area contributed by atoms with E-state index < -0.39 is 0 Å². The van der Waals surface area contributed by atoms with Crippen molar-refractivity contribution < 1.29 is 4.79 Å². The van der Waals surface area contributed by atoms with Crippen molar-refractivity contribution >= 4 is 40.6 Å². The maximum absolute atomic E-state index is 12.1. The number of hydrogen-bond donors (Lipinski definition) is 2. The van der Waals surface area contributed by atoms with Crippen LogP contribution >= 0.6 is 23.2 Å².